The normalized spacial score (nSPS) is 10.4. The number of benzene rings is 2. The predicted octanol–water partition coefficient (Wildman–Crippen LogP) is 5.18. The molecule has 0 aliphatic carbocycles. The van der Waals surface area contributed by atoms with Crippen LogP contribution in [0.4, 0.5) is 11.5 Å². The second-order valence-electron chi connectivity index (χ2n) is 5.76. The number of anilines is 2. The van der Waals surface area contributed by atoms with Gasteiger partial charge in [-0.25, -0.2) is 4.98 Å². The van der Waals surface area contributed by atoms with Gasteiger partial charge in [0, 0.05) is 16.6 Å². The summed E-state index contributed by atoms with van der Waals surface area (Å²) < 4.78 is 0. The third-order valence-corrected chi connectivity index (χ3v) is 4.22. The first kappa shape index (κ1) is 18.2. The zero-order valence-corrected chi connectivity index (χ0v) is 15.4. The molecule has 2 N–H and O–H groups in total. The van der Waals surface area contributed by atoms with Crippen molar-refractivity contribution in [2.24, 2.45) is 0 Å². The summed E-state index contributed by atoms with van der Waals surface area (Å²) in [4.78, 5) is 16.3. The Labute approximate surface area is 162 Å². The summed E-state index contributed by atoms with van der Waals surface area (Å²) in [5.74, 6) is 0.391. The van der Waals surface area contributed by atoms with E-state index < -0.39 is 0 Å². The molecule has 3 aromatic rings. The van der Waals surface area contributed by atoms with E-state index in [9.17, 15) is 4.79 Å². The van der Waals surface area contributed by atoms with Gasteiger partial charge in [0.25, 0.3) is 0 Å². The van der Waals surface area contributed by atoms with E-state index >= 15 is 0 Å². The molecule has 0 fully saturated rings. The number of amides is 1. The van der Waals surface area contributed by atoms with Gasteiger partial charge in [0.15, 0.2) is 0 Å². The molecule has 0 saturated heterocycles. The maximum atomic E-state index is 12.1. The number of rotatable bonds is 6. The monoisotopic (exact) mass is 385 g/mol. The summed E-state index contributed by atoms with van der Waals surface area (Å²) in [6, 6.07) is 18.5. The fraction of sp³-hybridized carbons (Fsp3) is 0.100. The molecule has 0 saturated carbocycles. The van der Waals surface area contributed by atoms with Crippen LogP contribution in [0, 0.1) is 0 Å². The fourth-order valence-corrected chi connectivity index (χ4v) is 2.61. The number of pyridine rings is 1. The molecule has 0 aliphatic heterocycles. The van der Waals surface area contributed by atoms with E-state index in [0.29, 0.717) is 22.4 Å². The molecule has 0 spiro atoms. The number of carbonyl (C=O) groups excluding carboxylic acids is 1. The van der Waals surface area contributed by atoms with Gasteiger partial charge >= 0.3 is 0 Å². The van der Waals surface area contributed by atoms with E-state index in [2.05, 4.69) is 15.6 Å². The minimum Gasteiger partial charge on any atom is -0.380 e. The van der Waals surface area contributed by atoms with E-state index in [-0.39, 0.29) is 12.3 Å². The number of halogens is 2. The molecule has 132 valence electrons. The number of carbonyl (C=O) groups is 1. The van der Waals surface area contributed by atoms with Crippen molar-refractivity contribution >= 4 is 40.6 Å². The highest BCUT2D eigenvalue weighted by atomic mass is 35.5. The molecule has 26 heavy (non-hydrogen) atoms. The molecule has 4 nitrogen and oxygen atoms in total. The summed E-state index contributed by atoms with van der Waals surface area (Å²) in [7, 11) is 0. The van der Waals surface area contributed by atoms with Crippen molar-refractivity contribution in [2.75, 3.05) is 10.6 Å². The van der Waals surface area contributed by atoms with Crippen LogP contribution in [0.25, 0.3) is 0 Å². The number of hydrogen-bond acceptors (Lipinski definition) is 3. The largest absolute Gasteiger partial charge is 0.380 e. The van der Waals surface area contributed by atoms with Crippen molar-refractivity contribution in [2.45, 2.75) is 13.0 Å². The molecule has 0 atom stereocenters. The van der Waals surface area contributed by atoms with Crippen LogP contribution in [0.1, 0.15) is 11.1 Å². The average molecular weight is 386 g/mol. The van der Waals surface area contributed by atoms with Crippen LogP contribution in [-0.4, -0.2) is 10.9 Å². The van der Waals surface area contributed by atoms with Gasteiger partial charge in [-0.1, -0.05) is 47.5 Å². The Morgan fingerprint density at radius 2 is 1.46 bits per heavy atom. The number of nitrogens with zero attached hydrogens (tertiary/aromatic N) is 1. The Bertz CT molecular complexity index is 863. The van der Waals surface area contributed by atoms with Crippen LogP contribution in [0.2, 0.25) is 10.0 Å². The molecular formula is C20H17Cl2N3O. The standard InChI is InChI=1S/C20H17Cl2N3O/c21-16-5-1-14(2-6-16)11-20(26)25-19-10-9-18(13-24-19)23-12-15-3-7-17(22)8-4-15/h1-10,13,23H,11-12H2,(H,24,25,26). The molecule has 6 heteroatoms. The van der Waals surface area contributed by atoms with E-state index in [0.717, 1.165) is 16.8 Å². The second-order valence-corrected chi connectivity index (χ2v) is 6.64. The SMILES string of the molecule is O=C(Cc1ccc(Cl)cc1)Nc1ccc(NCc2ccc(Cl)cc2)cn1. The highest BCUT2D eigenvalue weighted by Gasteiger charge is 2.05. The van der Waals surface area contributed by atoms with Crippen LogP contribution >= 0.6 is 23.2 Å². The molecule has 0 aliphatic rings. The topological polar surface area (TPSA) is 54.0 Å². The van der Waals surface area contributed by atoms with Gasteiger partial charge < -0.3 is 10.6 Å². The first-order valence-electron chi connectivity index (χ1n) is 8.07. The lowest BCUT2D eigenvalue weighted by Crippen LogP contribution is -2.15. The van der Waals surface area contributed by atoms with Gasteiger partial charge in [-0.15, -0.1) is 0 Å². The van der Waals surface area contributed by atoms with E-state index in [4.69, 9.17) is 23.2 Å². The van der Waals surface area contributed by atoms with Crippen molar-refractivity contribution in [1.29, 1.82) is 0 Å². The van der Waals surface area contributed by atoms with E-state index in [1.54, 1.807) is 24.4 Å². The molecule has 1 heterocycles. The Morgan fingerprint density at radius 1 is 0.846 bits per heavy atom. The smallest absolute Gasteiger partial charge is 0.229 e. The quantitative estimate of drug-likeness (QED) is 0.614. The van der Waals surface area contributed by atoms with Crippen molar-refractivity contribution < 1.29 is 4.79 Å². The molecule has 2 aromatic carbocycles. The Hall–Kier alpha value is -2.56. The highest BCUT2D eigenvalue weighted by Crippen LogP contribution is 2.14. The first-order chi connectivity index (χ1) is 12.6. The summed E-state index contributed by atoms with van der Waals surface area (Å²) in [5, 5.41) is 7.43. The molecule has 1 aromatic heterocycles. The molecule has 3 rings (SSSR count). The van der Waals surface area contributed by atoms with Crippen LogP contribution < -0.4 is 10.6 Å². The highest BCUT2D eigenvalue weighted by molar-refractivity contribution is 6.30. The molecule has 1 amide bonds. The maximum Gasteiger partial charge on any atom is 0.229 e. The van der Waals surface area contributed by atoms with Crippen LogP contribution in [-0.2, 0) is 17.8 Å². The second kappa shape index (κ2) is 8.70. The van der Waals surface area contributed by atoms with Crippen molar-refractivity contribution in [3.8, 4) is 0 Å². The lowest BCUT2D eigenvalue weighted by molar-refractivity contribution is -0.115. The van der Waals surface area contributed by atoms with E-state index in [1.807, 2.05) is 42.5 Å². The maximum absolute atomic E-state index is 12.1. The van der Waals surface area contributed by atoms with Gasteiger partial charge in [0.2, 0.25) is 5.91 Å². The average Bonchev–Trinajstić information content (AvgIpc) is 2.64. The minimum atomic E-state index is -0.123. The van der Waals surface area contributed by atoms with Gasteiger partial charge in [-0.3, -0.25) is 4.79 Å². The molecule has 0 unspecified atom stereocenters. The zero-order chi connectivity index (χ0) is 18.4. The zero-order valence-electron chi connectivity index (χ0n) is 13.9. The van der Waals surface area contributed by atoms with Gasteiger partial charge in [0.1, 0.15) is 5.82 Å². The van der Waals surface area contributed by atoms with E-state index in [1.165, 1.54) is 0 Å². The molecule has 0 bridgehead atoms. The van der Waals surface area contributed by atoms with Gasteiger partial charge in [0.05, 0.1) is 18.3 Å². The Balaban J connectivity index is 1.51. The molecular weight excluding hydrogens is 369 g/mol. The number of nitrogens with one attached hydrogen (secondary N) is 2. The van der Waals surface area contributed by atoms with Gasteiger partial charge in [-0.2, -0.15) is 0 Å². The first-order valence-corrected chi connectivity index (χ1v) is 8.83. The number of aromatic nitrogens is 1. The van der Waals surface area contributed by atoms with Crippen LogP contribution in [0.15, 0.2) is 66.9 Å². The summed E-state index contributed by atoms with van der Waals surface area (Å²) in [6.07, 6.45) is 1.96. The summed E-state index contributed by atoms with van der Waals surface area (Å²) >= 11 is 11.7. The van der Waals surface area contributed by atoms with Crippen molar-refractivity contribution in [3.63, 3.8) is 0 Å². The third-order valence-electron chi connectivity index (χ3n) is 3.72. The predicted molar refractivity (Wildman–Crippen MR) is 107 cm³/mol. The van der Waals surface area contributed by atoms with Crippen molar-refractivity contribution in [1.82, 2.24) is 4.98 Å². The lowest BCUT2D eigenvalue weighted by Gasteiger charge is -2.08. The third kappa shape index (κ3) is 5.48. The Kier molecular flexibility index (Phi) is 6.10. The molecule has 0 radical (unpaired) electrons. The minimum absolute atomic E-state index is 0.123. The lowest BCUT2D eigenvalue weighted by atomic mass is 10.1. The van der Waals surface area contributed by atoms with Gasteiger partial charge in [-0.05, 0) is 47.5 Å². The Morgan fingerprint density at radius 3 is 2.04 bits per heavy atom. The summed E-state index contributed by atoms with van der Waals surface area (Å²) in [6.45, 7) is 0.668. The van der Waals surface area contributed by atoms with Crippen LogP contribution in [0.5, 0.6) is 0 Å². The van der Waals surface area contributed by atoms with Crippen molar-refractivity contribution in [3.05, 3.63) is 88.0 Å². The van der Waals surface area contributed by atoms with Crippen LogP contribution in [0.3, 0.4) is 0 Å². The fourth-order valence-electron chi connectivity index (χ4n) is 2.35. The summed E-state index contributed by atoms with van der Waals surface area (Å²) in [5.41, 5.74) is 2.89. The number of hydrogen-bond donors (Lipinski definition) is 2.